The summed E-state index contributed by atoms with van der Waals surface area (Å²) in [6.07, 6.45) is 4.60. The maximum Gasteiger partial charge on any atom is 0.271 e. The fourth-order valence-corrected chi connectivity index (χ4v) is 2.91. The summed E-state index contributed by atoms with van der Waals surface area (Å²) in [4.78, 5) is 14.5. The molecule has 0 aliphatic carbocycles. The quantitative estimate of drug-likeness (QED) is 0.940. The van der Waals surface area contributed by atoms with Crippen molar-refractivity contribution >= 4 is 5.91 Å². The van der Waals surface area contributed by atoms with Crippen molar-refractivity contribution in [3.63, 3.8) is 0 Å². The van der Waals surface area contributed by atoms with E-state index in [0.717, 1.165) is 42.9 Å². The van der Waals surface area contributed by atoms with Crippen LogP contribution in [-0.4, -0.2) is 40.7 Å². The summed E-state index contributed by atoms with van der Waals surface area (Å²) < 4.78 is 5.44. The molecule has 1 fully saturated rings. The number of amides is 1. The van der Waals surface area contributed by atoms with E-state index in [4.69, 9.17) is 4.74 Å². The van der Waals surface area contributed by atoms with Crippen LogP contribution in [0.3, 0.4) is 0 Å². The number of benzene rings is 1. The van der Waals surface area contributed by atoms with Crippen LogP contribution >= 0.6 is 0 Å². The lowest BCUT2D eigenvalue weighted by atomic mass is 10.1. The Morgan fingerprint density at radius 2 is 1.87 bits per heavy atom. The normalized spacial score (nSPS) is 15.3. The summed E-state index contributed by atoms with van der Waals surface area (Å²) in [6, 6.07) is 9.60. The Hall–Kier alpha value is -2.30. The molecular formula is C18H23N3O2. The number of nitrogens with one attached hydrogen (secondary N) is 1. The molecule has 3 rings (SSSR count). The minimum absolute atomic E-state index is 0.0524. The molecule has 1 aliphatic rings. The molecule has 5 nitrogen and oxygen atoms in total. The van der Waals surface area contributed by atoms with Crippen molar-refractivity contribution in [1.82, 2.24) is 15.1 Å². The minimum atomic E-state index is 0.0524. The van der Waals surface area contributed by atoms with E-state index in [1.165, 1.54) is 12.8 Å². The number of likely N-dealkylation sites (tertiary alicyclic amines) is 1. The Labute approximate surface area is 136 Å². The Bertz CT molecular complexity index is 641. The van der Waals surface area contributed by atoms with Gasteiger partial charge in [0.1, 0.15) is 11.4 Å². The topological polar surface area (TPSA) is 58.2 Å². The highest BCUT2D eigenvalue weighted by Gasteiger charge is 2.19. The molecule has 0 bridgehead atoms. The van der Waals surface area contributed by atoms with E-state index in [0.29, 0.717) is 12.3 Å². The zero-order valence-corrected chi connectivity index (χ0v) is 13.5. The van der Waals surface area contributed by atoms with Gasteiger partial charge in [-0.15, -0.1) is 0 Å². The van der Waals surface area contributed by atoms with Gasteiger partial charge in [-0.3, -0.25) is 9.89 Å². The van der Waals surface area contributed by atoms with Crippen molar-refractivity contribution in [1.29, 1.82) is 0 Å². The van der Waals surface area contributed by atoms with Gasteiger partial charge in [-0.05, 0) is 50.1 Å². The first-order valence-corrected chi connectivity index (χ1v) is 8.36. The van der Waals surface area contributed by atoms with Gasteiger partial charge in [0.2, 0.25) is 0 Å². The van der Waals surface area contributed by atoms with Gasteiger partial charge in [0.25, 0.3) is 5.91 Å². The molecule has 1 amide bonds. The zero-order chi connectivity index (χ0) is 16.1. The lowest BCUT2D eigenvalue weighted by molar-refractivity contribution is 0.0755. The minimum Gasteiger partial charge on any atom is -0.494 e. The van der Waals surface area contributed by atoms with Gasteiger partial charge in [0.05, 0.1) is 12.3 Å². The van der Waals surface area contributed by atoms with Crippen molar-refractivity contribution in [2.24, 2.45) is 0 Å². The number of hydrogen-bond donors (Lipinski definition) is 1. The van der Waals surface area contributed by atoms with Gasteiger partial charge in [0, 0.05) is 18.7 Å². The van der Waals surface area contributed by atoms with E-state index in [-0.39, 0.29) is 5.91 Å². The summed E-state index contributed by atoms with van der Waals surface area (Å²) in [7, 11) is 0. The molecule has 1 aromatic heterocycles. The van der Waals surface area contributed by atoms with Gasteiger partial charge >= 0.3 is 0 Å². The number of aromatic nitrogens is 2. The molecule has 5 heteroatoms. The van der Waals surface area contributed by atoms with Crippen molar-refractivity contribution < 1.29 is 9.53 Å². The fraction of sp³-hybridized carbons (Fsp3) is 0.444. The standard InChI is InChI=1S/C18H23N3O2/c1-2-23-15-9-7-14(8-10-15)16-13-17(20-19-16)18(22)21-11-5-3-4-6-12-21/h7-10,13H,2-6,11-12H2,1H3,(H,19,20). The first-order chi connectivity index (χ1) is 11.3. The molecule has 0 spiro atoms. The molecule has 122 valence electrons. The summed E-state index contributed by atoms with van der Waals surface area (Å²) in [6.45, 7) is 4.30. The lowest BCUT2D eigenvalue weighted by Crippen LogP contribution is -2.32. The molecule has 1 saturated heterocycles. The molecule has 1 aromatic carbocycles. The highest BCUT2D eigenvalue weighted by Crippen LogP contribution is 2.22. The number of carbonyl (C=O) groups excluding carboxylic acids is 1. The summed E-state index contributed by atoms with van der Waals surface area (Å²) in [5.41, 5.74) is 2.32. The van der Waals surface area contributed by atoms with Gasteiger partial charge < -0.3 is 9.64 Å². The fourth-order valence-electron chi connectivity index (χ4n) is 2.91. The van der Waals surface area contributed by atoms with Crippen LogP contribution in [0.4, 0.5) is 0 Å². The molecule has 2 aromatic rings. The second kappa shape index (κ2) is 7.31. The predicted octanol–water partition coefficient (Wildman–Crippen LogP) is 3.49. The number of rotatable bonds is 4. The molecule has 1 N–H and O–H groups in total. The molecule has 0 radical (unpaired) electrons. The Kier molecular flexibility index (Phi) is 4.95. The number of ether oxygens (including phenoxy) is 1. The first kappa shape index (κ1) is 15.6. The third-order valence-corrected chi connectivity index (χ3v) is 4.16. The number of carbonyl (C=O) groups is 1. The molecular weight excluding hydrogens is 290 g/mol. The number of hydrogen-bond acceptors (Lipinski definition) is 3. The van der Waals surface area contributed by atoms with Crippen LogP contribution in [0.5, 0.6) is 5.75 Å². The van der Waals surface area contributed by atoms with Crippen molar-refractivity contribution in [2.75, 3.05) is 19.7 Å². The third-order valence-electron chi connectivity index (χ3n) is 4.16. The molecule has 0 unspecified atom stereocenters. The van der Waals surface area contributed by atoms with E-state index in [2.05, 4.69) is 10.2 Å². The average Bonchev–Trinajstić information content (AvgIpc) is 2.91. The second-order valence-corrected chi connectivity index (χ2v) is 5.83. The lowest BCUT2D eigenvalue weighted by Gasteiger charge is -2.18. The highest BCUT2D eigenvalue weighted by atomic mass is 16.5. The van der Waals surface area contributed by atoms with Gasteiger partial charge in [0.15, 0.2) is 0 Å². The Morgan fingerprint density at radius 1 is 1.17 bits per heavy atom. The summed E-state index contributed by atoms with van der Waals surface area (Å²) in [5, 5.41) is 7.18. The predicted molar refractivity (Wildman–Crippen MR) is 89.6 cm³/mol. The van der Waals surface area contributed by atoms with E-state index in [1.807, 2.05) is 42.2 Å². The maximum atomic E-state index is 12.6. The van der Waals surface area contributed by atoms with Crippen LogP contribution in [0.1, 0.15) is 43.1 Å². The molecule has 0 atom stereocenters. The van der Waals surface area contributed by atoms with Crippen molar-refractivity contribution in [3.8, 4) is 17.0 Å². The SMILES string of the molecule is CCOc1ccc(-c2cc(C(=O)N3CCCCCC3)[nH]n2)cc1. The van der Waals surface area contributed by atoms with Gasteiger partial charge in [-0.1, -0.05) is 12.8 Å². The van der Waals surface area contributed by atoms with Crippen molar-refractivity contribution in [2.45, 2.75) is 32.6 Å². The zero-order valence-electron chi connectivity index (χ0n) is 13.5. The van der Waals surface area contributed by atoms with E-state index < -0.39 is 0 Å². The number of aromatic amines is 1. The van der Waals surface area contributed by atoms with Gasteiger partial charge in [-0.25, -0.2) is 0 Å². The number of H-pyrrole nitrogens is 1. The van der Waals surface area contributed by atoms with E-state index in [9.17, 15) is 4.79 Å². The molecule has 2 heterocycles. The van der Waals surface area contributed by atoms with Crippen LogP contribution in [-0.2, 0) is 0 Å². The van der Waals surface area contributed by atoms with Crippen LogP contribution in [0.15, 0.2) is 30.3 Å². The molecule has 1 aliphatic heterocycles. The maximum absolute atomic E-state index is 12.6. The van der Waals surface area contributed by atoms with Crippen LogP contribution in [0.25, 0.3) is 11.3 Å². The first-order valence-electron chi connectivity index (χ1n) is 8.36. The van der Waals surface area contributed by atoms with E-state index >= 15 is 0 Å². The van der Waals surface area contributed by atoms with Crippen LogP contribution in [0, 0.1) is 0 Å². The summed E-state index contributed by atoms with van der Waals surface area (Å²) in [5.74, 6) is 0.893. The monoisotopic (exact) mass is 313 g/mol. The average molecular weight is 313 g/mol. The largest absolute Gasteiger partial charge is 0.494 e. The molecule has 23 heavy (non-hydrogen) atoms. The van der Waals surface area contributed by atoms with Crippen LogP contribution < -0.4 is 4.74 Å². The Balaban J connectivity index is 1.72. The highest BCUT2D eigenvalue weighted by molar-refractivity contribution is 5.93. The van der Waals surface area contributed by atoms with Crippen LogP contribution in [0.2, 0.25) is 0 Å². The van der Waals surface area contributed by atoms with Crippen molar-refractivity contribution in [3.05, 3.63) is 36.0 Å². The molecule has 0 saturated carbocycles. The third kappa shape index (κ3) is 3.73. The number of nitrogens with zero attached hydrogens (tertiary/aromatic N) is 2. The summed E-state index contributed by atoms with van der Waals surface area (Å²) >= 11 is 0. The smallest absolute Gasteiger partial charge is 0.271 e. The van der Waals surface area contributed by atoms with Gasteiger partial charge in [-0.2, -0.15) is 5.10 Å². The van der Waals surface area contributed by atoms with E-state index in [1.54, 1.807) is 0 Å². The second-order valence-electron chi connectivity index (χ2n) is 5.83. The Morgan fingerprint density at radius 3 is 2.52 bits per heavy atom.